The summed E-state index contributed by atoms with van der Waals surface area (Å²) in [7, 11) is 0. The van der Waals surface area contributed by atoms with E-state index < -0.39 is 0 Å². The number of anilines is 1. The summed E-state index contributed by atoms with van der Waals surface area (Å²) in [5, 5.41) is 3.59. The van der Waals surface area contributed by atoms with E-state index in [1.165, 1.54) is 42.5 Å². The van der Waals surface area contributed by atoms with E-state index in [1.807, 2.05) is 0 Å². The topological polar surface area (TPSA) is 15.3 Å². The van der Waals surface area contributed by atoms with Crippen LogP contribution in [-0.2, 0) is 6.54 Å². The zero-order valence-electron chi connectivity index (χ0n) is 14.8. The number of hydrogen-bond acceptors (Lipinski definition) is 2. The van der Waals surface area contributed by atoms with Gasteiger partial charge in [0.2, 0.25) is 0 Å². The first-order valence-electron chi connectivity index (χ1n) is 9.02. The Kier molecular flexibility index (Phi) is 4.49. The molecule has 0 amide bonds. The van der Waals surface area contributed by atoms with Gasteiger partial charge in [-0.15, -0.1) is 0 Å². The van der Waals surface area contributed by atoms with Crippen LogP contribution in [0.4, 0.5) is 5.69 Å². The molecule has 2 aliphatic rings. The maximum absolute atomic E-state index is 3.59. The lowest BCUT2D eigenvalue weighted by Gasteiger charge is -2.42. The first-order chi connectivity index (χ1) is 10.4. The Morgan fingerprint density at radius 2 is 1.82 bits per heavy atom. The van der Waals surface area contributed by atoms with E-state index >= 15 is 0 Å². The molecule has 0 atom stereocenters. The Morgan fingerprint density at radius 1 is 1.09 bits per heavy atom. The fraction of sp³-hybridized carbons (Fsp3) is 0.700. The Morgan fingerprint density at radius 3 is 2.50 bits per heavy atom. The van der Waals surface area contributed by atoms with E-state index in [2.05, 4.69) is 56.1 Å². The number of nitrogens with one attached hydrogen (secondary N) is 1. The Bertz CT molecular complexity index is 507. The van der Waals surface area contributed by atoms with Crippen molar-refractivity contribution < 1.29 is 0 Å². The molecule has 1 aliphatic carbocycles. The van der Waals surface area contributed by atoms with Crippen molar-refractivity contribution in [3.8, 4) is 0 Å². The van der Waals surface area contributed by atoms with Crippen LogP contribution in [-0.4, -0.2) is 19.1 Å². The summed E-state index contributed by atoms with van der Waals surface area (Å²) in [6, 6.07) is 7.73. The highest BCUT2D eigenvalue weighted by atomic mass is 15.2. The van der Waals surface area contributed by atoms with Gasteiger partial charge >= 0.3 is 0 Å². The molecule has 0 aromatic heterocycles. The molecule has 0 saturated heterocycles. The second kappa shape index (κ2) is 6.23. The fourth-order valence-corrected chi connectivity index (χ4v) is 4.31. The maximum Gasteiger partial charge on any atom is 0.0414 e. The molecule has 0 radical (unpaired) electrons. The van der Waals surface area contributed by atoms with Gasteiger partial charge in [-0.2, -0.15) is 0 Å². The summed E-state index contributed by atoms with van der Waals surface area (Å²) < 4.78 is 0. The third kappa shape index (κ3) is 3.32. The molecule has 3 rings (SSSR count). The van der Waals surface area contributed by atoms with Crippen LogP contribution < -0.4 is 10.2 Å². The molecule has 1 saturated carbocycles. The molecule has 0 bridgehead atoms. The van der Waals surface area contributed by atoms with Gasteiger partial charge in [0.1, 0.15) is 0 Å². The van der Waals surface area contributed by atoms with E-state index in [4.69, 9.17) is 0 Å². The minimum Gasteiger partial charge on any atom is -0.367 e. The molecule has 1 aromatic carbocycles. The van der Waals surface area contributed by atoms with Crippen LogP contribution in [0.25, 0.3) is 0 Å². The summed E-state index contributed by atoms with van der Waals surface area (Å²) >= 11 is 0. The van der Waals surface area contributed by atoms with Crippen LogP contribution in [0.3, 0.4) is 0 Å². The van der Waals surface area contributed by atoms with Crippen molar-refractivity contribution in [1.29, 1.82) is 0 Å². The fourth-order valence-electron chi connectivity index (χ4n) is 4.31. The molecule has 22 heavy (non-hydrogen) atoms. The zero-order chi connectivity index (χ0) is 15.7. The minimum absolute atomic E-state index is 0.473. The summed E-state index contributed by atoms with van der Waals surface area (Å²) in [5.41, 5.74) is 4.81. The zero-order valence-corrected chi connectivity index (χ0v) is 14.8. The highest BCUT2D eigenvalue weighted by Crippen LogP contribution is 2.40. The molecule has 1 fully saturated rings. The molecule has 2 nitrogen and oxygen atoms in total. The Labute approximate surface area is 136 Å². The maximum atomic E-state index is 3.59. The predicted octanol–water partition coefficient (Wildman–Crippen LogP) is 4.51. The molecular weight excluding hydrogens is 268 g/mol. The third-order valence-electron chi connectivity index (χ3n) is 5.75. The summed E-state index contributed by atoms with van der Waals surface area (Å²) in [6.45, 7) is 12.7. The van der Waals surface area contributed by atoms with Gasteiger partial charge in [-0.1, -0.05) is 38.5 Å². The highest BCUT2D eigenvalue weighted by molar-refractivity contribution is 5.56. The van der Waals surface area contributed by atoms with Gasteiger partial charge in [0, 0.05) is 31.4 Å². The summed E-state index contributed by atoms with van der Waals surface area (Å²) in [6.07, 6.45) is 5.49. The SMILES string of the molecule is Cc1ccc2c(c1)CNCCN2C1CCC(C(C)(C)C)CC1. The van der Waals surface area contributed by atoms with Gasteiger partial charge < -0.3 is 10.2 Å². The molecule has 1 aromatic rings. The number of fused-ring (bicyclic) bond motifs is 1. The normalized spacial score (nSPS) is 26.5. The molecule has 122 valence electrons. The van der Waals surface area contributed by atoms with Crippen molar-refractivity contribution in [3.63, 3.8) is 0 Å². The average molecular weight is 300 g/mol. The van der Waals surface area contributed by atoms with E-state index in [0.717, 1.165) is 31.6 Å². The van der Waals surface area contributed by atoms with Gasteiger partial charge in [-0.25, -0.2) is 0 Å². The van der Waals surface area contributed by atoms with Crippen molar-refractivity contribution in [1.82, 2.24) is 5.32 Å². The monoisotopic (exact) mass is 300 g/mol. The summed E-state index contributed by atoms with van der Waals surface area (Å²) in [5.74, 6) is 0.895. The van der Waals surface area contributed by atoms with Crippen molar-refractivity contribution in [2.24, 2.45) is 11.3 Å². The minimum atomic E-state index is 0.473. The smallest absolute Gasteiger partial charge is 0.0414 e. The number of benzene rings is 1. The molecule has 0 spiro atoms. The molecule has 1 heterocycles. The van der Waals surface area contributed by atoms with E-state index in [9.17, 15) is 0 Å². The summed E-state index contributed by atoms with van der Waals surface area (Å²) in [4.78, 5) is 2.70. The van der Waals surface area contributed by atoms with E-state index in [1.54, 1.807) is 0 Å². The van der Waals surface area contributed by atoms with Gasteiger partial charge in [0.05, 0.1) is 0 Å². The van der Waals surface area contributed by atoms with Gasteiger partial charge in [-0.3, -0.25) is 0 Å². The largest absolute Gasteiger partial charge is 0.367 e. The van der Waals surface area contributed by atoms with Gasteiger partial charge in [-0.05, 0) is 55.6 Å². The highest BCUT2D eigenvalue weighted by Gasteiger charge is 2.32. The standard InChI is InChI=1S/C20H32N2/c1-15-5-10-19-16(13-15)14-21-11-12-22(19)18-8-6-17(7-9-18)20(2,3)4/h5,10,13,17-18,21H,6-9,11-12,14H2,1-4H3. The van der Waals surface area contributed by atoms with Crippen LogP contribution in [0.15, 0.2) is 18.2 Å². The van der Waals surface area contributed by atoms with Gasteiger partial charge in [0.25, 0.3) is 0 Å². The molecule has 2 heteroatoms. The second-order valence-electron chi connectivity index (χ2n) is 8.37. The number of nitrogens with zero attached hydrogens (tertiary/aromatic N) is 1. The Balaban J connectivity index is 1.76. The lowest BCUT2D eigenvalue weighted by Crippen LogP contribution is -2.42. The molecular formula is C20H32N2. The van der Waals surface area contributed by atoms with Crippen LogP contribution in [0.1, 0.15) is 57.6 Å². The van der Waals surface area contributed by atoms with Crippen LogP contribution >= 0.6 is 0 Å². The van der Waals surface area contributed by atoms with Crippen LogP contribution in [0, 0.1) is 18.3 Å². The first-order valence-corrected chi connectivity index (χ1v) is 9.02. The lowest BCUT2D eigenvalue weighted by molar-refractivity contribution is 0.167. The van der Waals surface area contributed by atoms with Crippen LogP contribution in [0.5, 0.6) is 0 Å². The predicted molar refractivity (Wildman–Crippen MR) is 95.4 cm³/mol. The average Bonchev–Trinajstić information content (AvgIpc) is 2.68. The third-order valence-corrected chi connectivity index (χ3v) is 5.75. The van der Waals surface area contributed by atoms with Crippen molar-refractivity contribution in [2.75, 3.05) is 18.0 Å². The number of rotatable bonds is 1. The van der Waals surface area contributed by atoms with Crippen molar-refractivity contribution in [3.05, 3.63) is 29.3 Å². The van der Waals surface area contributed by atoms with Crippen molar-refractivity contribution in [2.45, 2.75) is 66.0 Å². The van der Waals surface area contributed by atoms with Crippen molar-refractivity contribution >= 4 is 5.69 Å². The number of hydrogen-bond donors (Lipinski definition) is 1. The molecule has 0 unspecified atom stereocenters. The first kappa shape index (κ1) is 15.9. The van der Waals surface area contributed by atoms with E-state index in [-0.39, 0.29) is 0 Å². The molecule has 1 N–H and O–H groups in total. The molecule has 1 aliphatic heterocycles. The lowest BCUT2D eigenvalue weighted by atomic mass is 9.71. The van der Waals surface area contributed by atoms with Gasteiger partial charge in [0.15, 0.2) is 0 Å². The Hall–Kier alpha value is -1.02. The number of aryl methyl sites for hydroxylation is 1. The van der Waals surface area contributed by atoms with E-state index in [0.29, 0.717) is 5.41 Å². The van der Waals surface area contributed by atoms with Crippen LogP contribution in [0.2, 0.25) is 0 Å². The quantitative estimate of drug-likeness (QED) is 0.821. The second-order valence-corrected chi connectivity index (χ2v) is 8.37.